The van der Waals surface area contributed by atoms with Gasteiger partial charge in [0.2, 0.25) is 0 Å². The maximum Gasteiger partial charge on any atom is 0.0687 e. The minimum absolute atomic E-state index is 0.106. The third-order valence-electron chi connectivity index (χ3n) is 3.50. The molecule has 16 heavy (non-hydrogen) atoms. The lowest BCUT2D eigenvalue weighted by Gasteiger charge is -2.29. The molecule has 2 unspecified atom stereocenters. The van der Waals surface area contributed by atoms with Crippen molar-refractivity contribution in [2.24, 2.45) is 0 Å². The molecular weight excluding hydrogens is 216 g/mol. The molecular formula is C14H20OS. The van der Waals surface area contributed by atoms with Gasteiger partial charge in [-0.15, -0.1) is 0 Å². The minimum Gasteiger partial charge on any atom is -0.392 e. The molecule has 1 aliphatic heterocycles. The maximum atomic E-state index is 10.2. The van der Waals surface area contributed by atoms with Crippen molar-refractivity contribution in [1.82, 2.24) is 0 Å². The van der Waals surface area contributed by atoms with E-state index in [-0.39, 0.29) is 10.9 Å². The first-order valence-corrected chi connectivity index (χ1v) is 7.05. The van der Waals surface area contributed by atoms with Crippen LogP contribution in [0.5, 0.6) is 0 Å². The number of rotatable bonds is 4. The molecule has 1 aromatic carbocycles. The van der Waals surface area contributed by atoms with Crippen LogP contribution in [0.1, 0.15) is 31.7 Å². The molecule has 2 rings (SSSR count). The van der Waals surface area contributed by atoms with Gasteiger partial charge in [-0.1, -0.05) is 30.3 Å². The smallest absolute Gasteiger partial charge is 0.0687 e. The molecule has 1 aromatic rings. The number of thioether (sulfide) groups is 1. The number of aryl methyl sites for hydroxylation is 1. The predicted octanol–water partition coefficient (Wildman–Crippen LogP) is 3.27. The van der Waals surface area contributed by atoms with Crippen LogP contribution in [0.3, 0.4) is 0 Å². The molecule has 0 radical (unpaired) electrons. The Morgan fingerprint density at radius 3 is 2.75 bits per heavy atom. The van der Waals surface area contributed by atoms with E-state index in [4.69, 9.17) is 0 Å². The van der Waals surface area contributed by atoms with Crippen molar-refractivity contribution in [3.05, 3.63) is 35.9 Å². The first-order chi connectivity index (χ1) is 7.71. The molecule has 0 spiro atoms. The van der Waals surface area contributed by atoms with E-state index in [1.807, 2.05) is 17.8 Å². The molecule has 0 aromatic heterocycles. The van der Waals surface area contributed by atoms with Crippen LogP contribution in [0, 0.1) is 0 Å². The fraction of sp³-hybridized carbons (Fsp3) is 0.571. The maximum absolute atomic E-state index is 10.2. The van der Waals surface area contributed by atoms with Gasteiger partial charge in [0, 0.05) is 4.75 Å². The average molecular weight is 236 g/mol. The molecule has 0 bridgehead atoms. The second-order valence-corrected chi connectivity index (χ2v) is 6.43. The molecule has 2 heteroatoms. The SMILES string of the molecule is CC1(C(O)CCc2ccccc2)CCCS1. The van der Waals surface area contributed by atoms with E-state index >= 15 is 0 Å². The Morgan fingerprint density at radius 1 is 1.38 bits per heavy atom. The monoisotopic (exact) mass is 236 g/mol. The van der Waals surface area contributed by atoms with Crippen LogP contribution in [-0.2, 0) is 6.42 Å². The summed E-state index contributed by atoms with van der Waals surface area (Å²) in [4.78, 5) is 0. The summed E-state index contributed by atoms with van der Waals surface area (Å²) in [5.41, 5.74) is 1.33. The number of hydrogen-bond acceptors (Lipinski definition) is 2. The Morgan fingerprint density at radius 2 is 2.12 bits per heavy atom. The van der Waals surface area contributed by atoms with E-state index in [9.17, 15) is 5.11 Å². The summed E-state index contributed by atoms with van der Waals surface area (Å²) in [5, 5.41) is 10.2. The van der Waals surface area contributed by atoms with Crippen molar-refractivity contribution < 1.29 is 5.11 Å². The van der Waals surface area contributed by atoms with E-state index in [2.05, 4.69) is 31.2 Å². The van der Waals surface area contributed by atoms with Crippen LogP contribution in [0.25, 0.3) is 0 Å². The standard InChI is InChI=1S/C14H20OS/c1-14(10-5-11-16-14)13(15)9-8-12-6-3-2-4-7-12/h2-4,6-7,13,15H,5,8-11H2,1H3. The zero-order valence-corrected chi connectivity index (χ0v) is 10.7. The zero-order chi connectivity index (χ0) is 11.4. The molecule has 0 amide bonds. The lowest BCUT2D eigenvalue weighted by atomic mass is 9.93. The van der Waals surface area contributed by atoms with Gasteiger partial charge >= 0.3 is 0 Å². The number of benzene rings is 1. The Kier molecular flexibility index (Phi) is 3.93. The lowest BCUT2D eigenvalue weighted by molar-refractivity contribution is 0.124. The topological polar surface area (TPSA) is 20.2 Å². The van der Waals surface area contributed by atoms with Gasteiger partial charge in [0.1, 0.15) is 0 Å². The quantitative estimate of drug-likeness (QED) is 0.866. The van der Waals surface area contributed by atoms with Gasteiger partial charge < -0.3 is 5.11 Å². The molecule has 1 saturated heterocycles. The van der Waals surface area contributed by atoms with Crippen LogP contribution < -0.4 is 0 Å². The summed E-state index contributed by atoms with van der Waals surface area (Å²) in [7, 11) is 0. The van der Waals surface area contributed by atoms with E-state index < -0.39 is 0 Å². The van der Waals surface area contributed by atoms with Crippen LogP contribution in [-0.4, -0.2) is 21.7 Å². The number of hydrogen-bond donors (Lipinski definition) is 1. The Labute approximate surface area is 102 Å². The summed E-state index contributed by atoms with van der Waals surface area (Å²) in [6, 6.07) is 10.4. The fourth-order valence-corrected chi connectivity index (χ4v) is 3.67. The Bertz CT molecular complexity index is 317. The normalized spacial score (nSPS) is 26.9. The first-order valence-electron chi connectivity index (χ1n) is 6.07. The van der Waals surface area contributed by atoms with Gasteiger partial charge in [-0.05, 0) is 43.9 Å². The first kappa shape index (κ1) is 12.0. The molecule has 0 saturated carbocycles. The van der Waals surface area contributed by atoms with Gasteiger partial charge in [-0.3, -0.25) is 0 Å². The highest BCUT2D eigenvalue weighted by atomic mass is 32.2. The number of aliphatic hydroxyl groups is 1. The van der Waals surface area contributed by atoms with Gasteiger partial charge in [0.15, 0.2) is 0 Å². The Hall–Kier alpha value is -0.470. The molecule has 1 nitrogen and oxygen atoms in total. The highest BCUT2D eigenvalue weighted by Gasteiger charge is 2.36. The van der Waals surface area contributed by atoms with Crippen LogP contribution >= 0.6 is 11.8 Å². The van der Waals surface area contributed by atoms with Gasteiger partial charge in [0.05, 0.1) is 6.10 Å². The van der Waals surface area contributed by atoms with E-state index in [1.54, 1.807) is 0 Å². The third kappa shape index (κ3) is 2.80. The van der Waals surface area contributed by atoms with E-state index in [0.29, 0.717) is 0 Å². The van der Waals surface area contributed by atoms with E-state index in [1.165, 1.54) is 17.7 Å². The van der Waals surface area contributed by atoms with Crippen molar-refractivity contribution in [1.29, 1.82) is 0 Å². The van der Waals surface area contributed by atoms with E-state index in [0.717, 1.165) is 19.3 Å². The molecule has 0 aliphatic carbocycles. The summed E-state index contributed by atoms with van der Waals surface area (Å²) < 4.78 is 0.106. The predicted molar refractivity (Wildman–Crippen MR) is 70.9 cm³/mol. The largest absolute Gasteiger partial charge is 0.392 e. The summed E-state index contributed by atoms with van der Waals surface area (Å²) in [6.45, 7) is 2.21. The highest BCUT2D eigenvalue weighted by molar-refractivity contribution is 8.00. The lowest BCUT2D eigenvalue weighted by Crippen LogP contribution is -2.33. The van der Waals surface area contributed by atoms with Crippen LogP contribution in [0.15, 0.2) is 30.3 Å². The molecule has 1 heterocycles. The van der Waals surface area contributed by atoms with Crippen molar-refractivity contribution in [3.8, 4) is 0 Å². The molecule has 88 valence electrons. The summed E-state index contributed by atoms with van der Waals surface area (Å²) in [5.74, 6) is 1.21. The number of aliphatic hydroxyl groups excluding tert-OH is 1. The van der Waals surface area contributed by atoms with Gasteiger partial charge in [0.25, 0.3) is 0 Å². The van der Waals surface area contributed by atoms with Crippen molar-refractivity contribution in [2.75, 3.05) is 5.75 Å². The van der Waals surface area contributed by atoms with Crippen molar-refractivity contribution >= 4 is 11.8 Å². The Balaban J connectivity index is 1.86. The average Bonchev–Trinajstić information content (AvgIpc) is 2.76. The summed E-state index contributed by atoms with van der Waals surface area (Å²) in [6.07, 6.45) is 4.11. The third-order valence-corrected chi connectivity index (χ3v) is 5.13. The van der Waals surface area contributed by atoms with Gasteiger partial charge in [-0.25, -0.2) is 0 Å². The molecule has 2 atom stereocenters. The second-order valence-electron chi connectivity index (χ2n) is 4.80. The molecule has 1 N–H and O–H groups in total. The highest BCUT2D eigenvalue weighted by Crippen LogP contribution is 2.41. The minimum atomic E-state index is -0.166. The summed E-state index contributed by atoms with van der Waals surface area (Å²) >= 11 is 1.94. The molecule has 1 fully saturated rings. The fourth-order valence-electron chi connectivity index (χ4n) is 2.32. The molecule has 1 aliphatic rings. The van der Waals surface area contributed by atoms with Crippen molar-refractivity contribution in [3.63, 3.8) is 0 Å². The van der Waals surface area contributed by atoms with Crippen LogP contribution in [0.4, 0.5) is 0 Å². The second kappa shape index (κ2) is 5.24. The van der Waals surface area contributed by atoms with Gasteiger partial charge in [-0.2, -0.15) is 11.8 Å². The van der Waals surface area contributed by atoms with Crippen molar-refractivity contribution in [2.45, 2.75) is 43.5 Å². The van der Waals surface area contributed by atoms with Crippen LogP contribution in [0.2, 0.25) is 0 Å². The zero-order valence-electron chi connectivity index (χ0n) is 9.86.